The minimum Gasteiger partial charge on any atom is -0.481 e. The van der Waals surface area contributed by atoms with Crippen molar-refractivity contribution in [2.45, 2.75) is 32.2 Å². The fourth-order valence-electron chi connectivity index (χ4n) is 1.71. The first-order valence-electron chi connectivity index (χ1n) is 4.52. The van der Waals surface area contributed by atoms with Gasteiger partial charge in [-0.2, -0.15) is 0 Å². The molecule has 2 heterocycles. The minimum atomic E-state index is -0.810. The van der Waals surface area contributed by atoms with Gasteiger partial charge in [-0.05, 0) is 12.8 Å². The largest absolute Gasteiger partial charge is 0.481 e. The van der Waals surface area contributed by atoms with Crippen molar-refractivity contribution < 1.29 is 9.90 Å². The van der Waals surface area contributed by atoms with E-state index in [1.54, 1.807) is 0 Å². The predicted molar refractivity (Wildman–Crippen MR) is 53.8 cm³/mol. The monoisotopic (exact) mass is 216 g/mol. The quantitative estimate of drug-likeness (QED) is 0.810. The Hall–Kier alpha value is -1.03. The van der Waals surface area contributed by atoms with E-state index in [4.69, 9.17) is 5.11 Å². The van der Waals surface area contributed by atoms with Crippen molar-refractivity contribution in [1.29, 1.82) is 0 Å². The summed E-state index contributed by atoms with van der Waals surface area (Å²) < 4.78 is 2.07. The molecule has 1 aromatic rings. The Morgan fingerprint density at radius 3 is 3.00 bits per heavy atom. The molecule has 1 N–H and O–H groups in total. The van der Waals surface area contributed by atoms with Crippen LogP contribution in [-0.4, -0.2) is 20.6 Å². The van der Waals surface area contributed by atoms with Gasteiger partial charge in [0.1, 0.15) is 5.82 Å². The Morgan fingerprint density at radius 1 is 1.57 bits per heavy atom. The fourth-order valence-corrected chi connectivity index (χ4v) is 1.71. The molecule has 2 rings (SSSR count). The predicted octanol–water partition coefficient (Wildman–Crippen LogP) is 1.27. The molecule has 14 heavy (non-hydrogen) atoms. The van der Waals surface area contributed by atoms with Crippen molar-refractivity contribution in [1.82, 2.24) is 9.55 Å². The third-order valence-electron chi connectivity index (χ3n) is 2.29. The van der Waals surface area contributed by atoms with Gasteiger partial charge in [-0.15, -0.1) is 12.4 Å². The first-order valence-corrected chi connectivity index (χ1v) is 4.52. The Kier molecular flexibility index (Phi) is 3.52. The zero-order chi connectivity index (χ0) is 9.26. The molecule has 0 amide bonds. The molecule has 1 aromatic heterocycles. The van der Waals surface area contributed by atoms with Crippen LogP contribution in [0.15, 0.2) is 6.20 Å². The number of rotatable bonds is 2. The smallest absolute Gasteiger partial charge is 0.309 e. The van der Waals surface area contributed by atoms with Crippen LogP contribution in [0, 0.1) is 0 Å². The maximum atomic E-state index is 10.4. The molecule has 0 aromatic carbocycles. The van der Waals surface area contributed by atoms with Crippen LogP contribution in [0.3, 0.4) is 0 Å². The number of fused-ring (bicyclic) bond motifs is 1. The molecule has 0 saturated carbocycles. The van der Waals surface area contributed by atoms with Crippen LogP contribution in [0.25, 0.3) is 0 Å². The Morgan fingerprint density at radius 2 is 2.36 bits per heavy atom. The van der Waals surface area contributed by atoms with E-state index in [1.165, 1.54) is 12.8 Å². The van der Waals surface area contributed by atoms with E-state index >= 15 is 0 Å². The maximum Gasteiger partial charge on any atom is 0.309 e. The summed E-state index contributed by atoms with van der Waals surface area (Å²) in [7, 11) is 0. The lowest BCUT2D eigenvalue weighted by atomic mass is 10.2. The van der Waals surface area contributed by atoms with Gasteiger partial charge >= 0.3 is 5.97 Å². The van der Waals surface area contributed by atoms with Gasteiger partial charge in [0.25, 0.3) is 0 Å². The lowest BCUT2D eigenvalue weighted by Crippen LogP contribution is -2.08. The average Bonchev–Trinajstić information content (AvgIpc) is 2.44. The molecule has 78 valence electrons. The third kappa shape index (κ3) is 2.26. The van der Waals surface area contributed by atoms with E-state index in [0.717, 1.165) is 18.8 Å². The van der Waals surface area contributed by atoms with E-state index in [1.807, 2.05) is 6.20 Å². The van der Waals surface area contributed by atoms with Crippen LogP contribution < -0.4 is 0 Å². The van der Waals surface area contributed by atoms with Crippen molar-refractivity contribution in [3.05, 3.63) is 17.7 Å². The number of carboxylic acid groups (broad SMARTS) is 1. The van der Waals surface area contributed by atoms with Crippen LogP contribution in [-0.2, 0) is 24.2 Å². The summed E-state index contributed by atoms with van der Waals surface area (Å²) in [5.74, 6) is 0.234. The molecule has 0 atom stereocenters. The molecule has 5 heteroatoms. The summed E-state index contributed by atoms with van der Waals surface area (Å²) in [5.41, 5.74) is 0.685. The van der Waals surface area contributed by atoms with E-state index in [-0.39, 0.29) is 18.8 Å². The van der Waals surface area contributed by atoms with E-state index in [2.05, 4.69) is 9.55 Å². The van der Waals surface area contributed by atoms with Crippen LogP contribution in [0.2, 0.25) is 0 Å². The number of hydrogen-bond acceptors (Lipinski definition) is 2. The van der Waals surface area contributed by atoms with Crippen molar-refractivity contribution >= 4 is 18.4 Å². The van der Waals surface area contributed by atoms with Gasteiger partial charge in [0.2, 0.25) is 0 Å². The number of carboxylic acids is 1. The highest BCUT2D eigenvalue weighted by atomic mass is 35.5. The number of hydrogen-bond donors (Lipinski definition) is 1. The second-order valence-corrected chi connectivity index (χ2v) is 3.37. The Bertz CT molecular complexity index is 312. The number of halogens is 1. The normalized spacial score (nSPS) is 14.3. The Balaban J connectivity index is 0.000000980. The van der Waals surface area contributed by atoms with Crippen LogP contribution in [0.4, 0.5) is 0 Å². The van der Waals surface area contributed by atoms with Gasteiger partial charge in [0.05, 0.1) is 12.1 Å². The molecular formula is C9H13ClN2O2. The molecule has 0 saturated heterocycles. The molecule has 4 nitrogen and oxygen atoms in total. The highest BCUT2D eigenvalue weighted by Crippen LogP contribution is 2.14. The zero-order valence-corrected chi connectivity index (χ0v) is 8.59. The molecule has 0 fully saturated rings. The SMILES string of the molecule is Cl.O=C(O)Cc1cn2c(n1)CCCC2. The topological polar surface area (TPSA) is 55.1 Å². The van der Waals surface area contributed by atoms with Gasteiger partial charge in [0, 0.05) is 19.2 Å². The number of aromatic nitrogens is 2. The number of aryl methyl sites for hydroxylation is 2. The summed E-state index contributed by atoms with van der Waals surface area (Å²) in [6.07, 6.45) is 5.24. The molecule has 0 bridgehead atoms. The molecule has 0 unspecified atom stereocenters. The second-order valence-electron chi connectivity index (χ2n) is 3.37. The molecule has 0 radical (unpaired) electrons. The first-order chi connectivity index (χ1) is 6.25. The second kappa shape index (κ2) is 4.46. The van der Waals surface area contributed by atoms with E-state index in [9.17, 15) is 4.79 Å². The maximum absolute atomic E-state index is 10.4. The summed E-state index contributed by atoms with van der Waals surface area (Å²) >= 11 is 0. The van der Waals surface area contributed by atoms with E-state index < -0.39 is 5.97 Å². The standard InChI is InChI=1S/C9H12N2O2.ClH/c12-9(13)5-7-6-11-4-2-1-3-8(11)10-7;/h6H,1-5H2,(H,12,13);1H. The van der Waals surface area contributed by atoms with Gasteiger partial charge in [-0.25, -0.2) is 4.98 Å². The van der Waals surface area contributed by atoms with Crippen LogP contribution >= 0.6 is 12.4 Å². The number of imidazole rings is 1. The van der Waals surface area contributed by atoms with Gasteiger partial charge < -0.3 is 9.67 Å². The number of nitrogens with zero attached hydrogens (tertiary/aromatic N) is 2. The average molecular weight is 217 g/mol. The van der Waals surface area contributed by atoms with Gasteiger partial charge in [0.15, 0.2) is 0 Å². The van der Waals surface area contributed by atoms with Gasteiger partial charge in [-0.3, -0.25) is 4.79 Å². The first kappa shape index (κ1) is 11.0. The van der Waals surface area contributed by atoms with Crippen molar-refractivity contribution in [3.8, 4) is 0 Å². The van der Waals surface area contributed by atoms with E-state index in [0.29, 0.717) is 5.69 Å². The lowest BCUT2D eigenvalue weighted by Gasteiger charge is -2.11. The van der Waals surface area contributed by atoms with Crippen molar-refractivity contribution in [2.24, 2.45) is 0 Å². The zero-order valence-electron chi connectivity index (χ0n) is 7.77. The third-order valence-corrected chi connectivity index (χ3v) is 2.29. The van der Waals surface area contributed by atoms with Gasteiger partial charge in [-0.1, -0.05) is 0 Å². The summed E-state index contributed by atoms with van der Waals surface area (Å²) in [4.78, 5) is 14.7. The molecule has 0 aliphatic carbocycles. The summed E-state index contributed by atoms with van der Waals surface area (Å²) in [6, 6.07) is 0. The molecule has 0 spiro atoms. The number of aliphatic carboxylic acids is 1. The highest BCUT2D eigenvalue weighted by molar-refractivity contribution is 5.85. The molecular weight excluding hydrogens is 204 g/mol. The Labute approximate surface area is 88.4 Å². The fraction of sp³-hybridized carbons (Fsp3) is 0.556. The molecule has 1 aliphatic heterocycles. The minimum absolute atomic E-state index is 0. The highest BCUT2D eigenvalue weighted by Gasteiger charge is 2.13. The lowest BCUT2D eigenvalue weighted by molar-refractivity contribution is -0.136. The summed E-state index contributed by atoms with van der Waals surface area (Å²) in [6.45, 7) is 0.988. The number of carbonyl (C=O) groups is 1. The van der Waals surface area contributed by atoms with Crippen molar-refractivity contribution in [2.75, 3.05) is 0 Å². The van der Waals surface area contributed by atoms with Crippen molar-refractivity contribution in [3.63, 3.8) is 0 Å². The summed E-state index contributed by atoms with van der Waals surface area (Å²) in [5, 5.41) is 8.58. The molecule has 1 aliphatic rings. The van der Waals surface area contributed by atoms with Crippen LogP contribution in [0.1, 0.15) is 24.4 Å². The van der Waals surface area contributed by atoms with Crippen LogP contribution in [0.5, 0.6) is 0 Å².